The average Bonchev–Trinajstić information content (AvgIpc) is 2.81. The zero-order chi connectivity index (χ0) is 30.5. The van der Waals surface area contributed by atoms with Gasteiger partial charge in [-0.1, -0.05) is 83.6 Å². The zero-order valence-corrected chi connectivity index (χ0v) is 27.0. The van der Waals surface area contributed by atoms with E-state index in [-0.39, 0.29) is 23.8 Å². The van der Waals surface area contributed by atoms with Gasteiger partial charge in [0.05, 0.1) is 0 Å². The van der Waals surface area contributed by atoms with Gasteiger partial charge in [0.2, 0.25) is 11.8 Å². The highest BCUT2D eigenvalue weighted by atomic mass is 16.6. The Bertz CT molecular complexity index is 938. The summed E-state index contributed by atoms with van der Waals surface area (Å²) in [5, 5.41) is 6.02. The summed E-state index contributed by atoms with van der Waals surface area (Å²) in [6.45, 7) is 20.2. The number of ether oxygens (including phenoxy) is 1. The van der Waals surface area contributed by atoms with Gasteiger partial charge in [0.25, 0.3) is 0 Å². The highest BCUT2D eigenvalue weighted by Gasteiger charge is 2.37. The molecular weight excluding hydrogens is 502 g/mol. The number of rotatable bonds is 16. The molecule has 0 aromatic heterocycles. The fourth-order valence-corrected chi connectivity index (χ4v) is 5.01. The van der Waals surface area contributed by atoms with E-state index in [0.717, 1.165) is 61.6 Å². The number of aryl methyl sites for hydroxylation is 2. The van der Waals surface area contributed by atoms with Crippen LogP contribution in [-0.4, -0.2) is 47.0 Å². The molecule has 3 atom stereocenters. The number of amides is 3. The molecule has 2 N–H and O–H groups in total. The highest BCUT2D eigenvalue weighted by Crippen LogP contribution is 2.28. The second kappa shape index (κ2) is 17.3. The van der Waals surface area contributed by atoms with Crippen molar-refractivity contribution in [3.8, 4) is 0 Å². The molecule has 0 saturated carbocycles. The van der Waals surface area contributed by atoms with E-state index in [9.17, 15) is 14.4 Å². The Balaban J connectivity index is 3.56. The third-order valence-electron chi connectivity index (χ3n) is 6.87. The average molecular weight is 560 g/mol. The van der Waals surface area contributed by atoms with Gasteiger partial charge in [0.15, 0.2) is 0 Å². The minimum atomic E-state index is -0.806. The van der Waals surface area contributed by atoms with Crippen molar-refractivity contribution in [3.05, 3.63) is 34.9 Å². The van der Waals surface area contributed by atoms with Crippen molar-refractivity contribution >= 4 is 17.9 Å². The molecule has 0 aliphatic carbocycles. The van der Waals surface area contributed by atoms with Gasteiger partial charge in [-0.15, -0.1) is 0 Å². The largest absolute Gasteiger partial charge is 0.444 e. The van der Waals surface area contributed by atoms with Crippen LogP contribution in [0.15, 0.2) is 18.2 Å². The Labute approximate surface area is 244 Å². The number of benzene rings is 1. The summed E-state index contributed by atoms with van der Waals surface area (Å²) in [5.74, 6) is -0.290. The van der Waals surface area contributed by atoms with E-state index in [2.05, 4.69) is 30.5 Å². The van der Waals surface area contributed by atoms with Gasteiger partial charge in [0.1, 0.15) is 17.7 Å². The van der Waals surface area contributed by atoms with E-state index in [0.29, 0.717) is 13.0 Å². The first-order valence-corrected chi connectivity index (χ1v) is 15.4. The van der Waals surface area contributed by atoms with Crippen LogP contribution in [0.1, 0.15) is 129 Å². The lowest BCUT2D eigenvalue weighted by Crippen LogP contribution is -2.54. The first-order chi connectivity index (χ1) is 18.7. The number of hydrogen-bond acceptors (Lipinski definition) is 4. The fourth-order valence-electron chi connectivity index (χ4n) is 5.01. The topological polar surface area (TPSA) is 87.7 Å². The van der Waals surface area contributed by atoms with Crippen molar-refractivity contribution in [2.24, 2.45) is 5.92 Å². The quantitative estimate of drug-likeness (QED) is 0.207. The molecule has 1 aromatic rings. The Morgan fingerprint density at radius 3 is 2.12 bits per heavy atom. The number of unbranched alkanes of at least 4 members (excludes halogenated alkanes) is 4. The van der Waals surface area contributed by atoms with Gasteiger partial charge in [-0.25, -0.2) is 4.79 Å². The molecule has 3 amide bonds. The lowest BCUT2D eigenvalue weighted by atomic mass is 9.94. The fraction of sp³-hybridized carbons (Fsp3) is 0.727. The Morgan fingerprint density at radius 1 is 0.925 bits per heavy atom. The zero-order valence-electron chi connectivity index (χ0n) is 27.0. The molecule has 0 spiro atoms. The molecule has 7 nitrogen and oxygen atoms in total. The van der Waals surface area contributed by atoms with Crippen molar-refractivity contribution in [1.82, 2.24) is 15.5 Å². The second-order valence-corrected chi connectivity index (χ2v) is 12.7. The van der Waals surface area contributed by atoms with Crippen molar-refractivity contribution in [3.63, 3.8) is 0 Å². The number of nitrogens with one attached hydrogen (secondary N) is 2. The Kier molecular flexibility index (Phi) is 15.3. The lowest BCUT2D eigenvalue weighted by Gasteiger charge is -2.36. The number of nitrogens with zero attached hydrogens (tertiary/aromatic N) is 1. The molecule has 0 heterocycles. The van der Waals surface area contributed by atoms with Crippen molar-refractivity contribution in [2.75, 3.05) is 6.54 Å². The van der Waals surface area contributed by atoms with Crippen molar-refractivity contribution in [1.29, 1.82) is 0 Å². The summed E-state index contributed by atoms with van der Waals surface area (Å²) in [7, 11) is 0. The summed E-state index contributed by atoms with van der Waals surface area (Å²) in [5.41, 5.74) is 2.19. The lowest BCUT2D eigenvalue weighted by molar-refractivity contribution is -0.143. The monoisotopic (exact) mass is 559 g/mol. The highest BCUT2D eigenvalue weighted by molar-refractivity contribution is 5.92. The van der Waals surface area contributed by atoms with Crippen LogP contribution in [0.3, 0.4) is 0 Å². The van der Waals surface area contributed by atoms with Crippen LogP contribution in [0.4, 0.5) is 4.79 Å². The van der Waals surface area contributed by atoms with E-state index in [4.69, 9.17) is 4.74 Å². The standard InChI is InChI=1S/C33H57N3O4/c1-11-13-14-15-16-20-36(31(38)28(21-23(3)4)35-32(39)40-33(8,9)10)29(30(37)34-26(7)17-12-2)27-19-18-24(5)22-25(27)6/h18-19,22-23,26,28-29H,11-17,20-21H2,1-10H3,(H,34,37)(H,35,39). The molecule has 0 aliphatic rings. The van der Waals surface area contributed by atoms with Gasteiger partial charge < -0.3 is 20.3 Å². The summed E-state index contributed by atoms with van der Waals surface area (Å²) >= 11 is 0. The molecule has 0 bridgehead atoms. The maximum Gasteiger partial charge on any atom is 0.408 e. The minimum absolute atomic E-state index is 0.0152. The van der Waals surface area contributed by atoms with Crippen molar-refractivity contribution < 1.29 is 19.1 Å². The van der Waals surface area contributed by atoms with Gasteiger partial charge in [-0.3, -0.25) is 9.59 Å². The van der Waals surface area contributed by atoms with Crippen LogP contribution < -0.4 is 10.6 Å². The van der Waals surface area contributed by atoms with E-state index < -0.39 is 23.8 Å². The molecule has 0 saturated heterocycles. The number of carbonyl (C=O) groups excluding carboxylic acids is 3. The maximum atomic E-state index is 14.4. The molecule has 0 radical (unpaired) electrons. The van der Waals surface area contributed by atoms with Crippen LogP contribution in [0.5, 0.6) is 0 Å². The summed E-state index contributed by atoms with van der Waals surface area (Å²) in [6, 6.07) is 4.40. The number of carbonyl (C=O) groups is 3. The van der Waals surface area contributed by atoms with Crippen LogP contribution in [-0.2, 0) is 14.3 Å². The molecule has 228 valence electrons. The van der Waals surface area contributed by atoms with Crippen LogP contribution in [0.25, 0.3) is 0 Å². The predicted octanol–water partition coefficient (Wildman–Crippen LogP) is 7.39. The first-order valence-electron chi connectivity index (χ1n) is 15.4. The SMILES string of the molecule is CCCCCCCN(C(=O)C(CC(C)C)NC(=O)OC(C)(C)C)C(C(=O)NC(C)CCC)c1ccc(C)cc1C. The molecule has 3 unspecified atom stereocenters. The van der Waals surface area contributed by atoms with E-state index >= 15 is 0 Å². The number of hydrogen-bond donors (Lipinski definition) is 2. The van der Waals surface area contributed by atoms with Gasteiger partial charge >= 0.3 is 6.09 Å². The van der Waals surface area contributed by atoms with Crippen LogP contribution >= 0.6 is 0 Å². The molecule has 40 heavy (non-hydrogen) atoms. The predicted molar refractivity (Wildman–Crippen MR) is 164 cm³/mol. The second-order valence-electron chi connectivity index (χ2n) is 12.7. The van der Waals surface area contributed by atoms with Crippen LogP contribution in [0.2, 0.25) is 0 Å². The Morgan fingerprint density at radius 2 is 1.57 bits per heavy atom. The molecule has 1 rings (SSSR count). The minimum Gasteiger partial charge on any atom is -0.444 e. The molecule has 7 heteroatoms. The number of alkyl carbamates (subject to hydrolysis) is 1. The summed E-state index contributed by atoms with van der Waals surface area (Å²) in [6.07, 6.45) is 6.72. The molecule has 0 aliphatic heterocycles. The van der Waals surface area contributed by atoms with Gasteiger partial charge in [-0.2, -0.15) is 0 Å². The van der Waals surface area contributed by atoms with Crippen molar-refractivity contribution in [2.45, 2.75) is 144 Å². The molecule has 0 fully saturated rings. The Hall–Kier alpha value is -2.57. The summed E-state index contributed by atoms with van der Waals surface area (Å²) in [4.78, 5) is 42.9. The van der Waals surface area contributed by atoms with Crippen LogP contribution in [0, 0.1) is 19.8 Å². The van der Waals surface area contributed by atoms with E-state index in [1.54, 1.807) is 25.7 Å². The molecule has 1 aromatic carbocycles. The third-order valence-corrected chi connectivity index (χ3v) is 6.87. The van der Waals surface area contributed by atoms with Gasteiger partial charge in [-0.05, 0) is 77.8 Å². The smallest absolute Gasteiger partial charge is 0.408 e. The van der Waals surface area contributed by atoms with Gasteiger partial charge in [0, 0.05) is 12.6 Å². The first kappa shape index (κ1) is 35.5. The molecular formula is C33H57N3O4. The van der Waals surface area contributed by atoms with E-state index in [1.807, 2.05) is 46.8 Å². The maximum absolute atomic E-state index is 14.4. The third kappa shape index (κ3) is 12.7. The normalized spacial score (nSPS) is 13.9. The van der Waals surface area contributed by atoms with E-state index in [1.165, 1.54) is 0 Å². The summed E-state index contributed by atoms with van der Waals surface area (Å²) < 4.78 is 5.51.